The van der Waals surface area contributed by atoms with Gasteiger partial charge in [-0.25, -0.2) is 12.8 Å². The van der Waals surface area contributed by atoms with E-state index < -0.39 is 15.8 Å². The number of anilines is 2. The van der Waals surface area contributed by atoms with Crippen molar-refractivity contribution < 1.29 is 22.3 Å². The van der Waals surface area contributed by atoms with Crippen molar-refractivity contribution in [2.45, 2.75) is 18.6 Å². The van der Waals surface area contributed by atoms with Crippen molar-refractivity contribution in [2.75, 3.05) is 23.3 Å². The third-order valence-corrected chi connectivity index (χ3v) is 5.32. The van der Waals surface area contributed by atoms with E-state index in [9.17, 15) is 17.6 Å². The molecule has 1 fully saturated rings. The second-order valence-corrected chi connectivity index (χ2v) is 7.75. The lowest BCUT2D eigenvalue weighted by Crippen LogP contribution is -2.24. The summed E-state index contributed by atoms with van der Waals surface area (Å²) in [6.07, 6.45) is 1.20. The normalized spacial score (nSPS) is 14.5. The quantitative estimate of drug-likeness (QED) is 0.839. The zero-order valence-electron chi connectivity index (χ0n) is 14.2. The third kappa shape index (κ3) is 4.13. The van der Waals surface area contributed by atoms with E-state index in [0.717, 1.165) is 6.42 Å². The molecule has 0 unspecified atom stereocenters. The molecule has 2 aromatic rings. The van der Waals surface area contributed by atoms with Gasteiger partial charge >= 0.3 is 0 Å². The molecule has 0 atom stereocenters. The van der Waals surface area contributed by atoms with Gasteiger partial charge in [0.25, 0.3) is 0 Å². The fraction of sp³-hybridized carbons (Fsp3) is 0.278. The van der Waals surface area contributed by atoms with Crippen LogP contribution in [0.1, 0.15) is 18.4 Å². The summed E-state index contributed by atoms with van der Waals surface area (Å²) in [6.45, 7) is 0.564. The lowest BCUT2D eigenvalue weighted by molar-refractivity contribution is -0.117. The van der Waals surface area contributed by atoms with Crippen molar-refractivity contribution in [3.63, 3.8) is 0 Å². The summed E-state index contributed by atoms with van der Waals surface area (Å²) in [5, 5.41) is 0. The fourth-order valence-electron chi connectivity index (χ4n) is 2.93. The molecule has 0 saturated carbocycles. The number of hydrogen-bond acceptors (Lipinski definition) is 4. The van der Waals surface area contributed by atoms with Crippen LogP contribution in [0.3, 0.4) is 0 Å². The number of sulfonamides is 1. The lowest BCUT2D eigenvalue weighted by atomic mass is 10.2. The molecule has 0 radical (unpaired) electrons. The van der Waals surface area contributed by atoms with Gasteiger partial charge in [0.05, 0.1) is 24.2 Å². The molecule has 1 N–H and O–H groups in total. The number of carbonyl (C=O) groups is 1. The minimum Gasteiger partial charge on any atom is -0.495 e. The molecule has 26 heavy (non-hydrogen) atoms. The Hall–Kier alpha value is -2.61. The maximum atomic E-state index is 13.2. The van der Waals surface area contributed by atoms with E-state index in [4.69, 9.17) is 4.74 Å². The number of nitrogens with one attached hydrogen (secondary N) is 1. The van der Waals surface area contributed by atoms with Crippen molar-refractivity contribution in [1.29, 1.82) is 0 Å². The van der Waals surface area contributed by atoms with Gasteiger partial charge in [0.15, 0.2) is 0 Å². The van der Waals surface area contributed by atoms with Gasteiger partial charge in [-0.3, -0.25) is 9.52 Å². The predicted octanol–water partition coefficient (Wildman–Crippen LogP) is 2.90. The van der Waals surface area contributed by atoms with Gasteiger partial charge in [-0.05, 0) is 42.3 Å². The summed E-state index contributed by atoms with van der Waals surface area (Å²) >= 11 is 0. The van der Waals surface area contributed by atoms with Crippen LogP contribution in [0.4, 0.5) is 15.8 Å². The molecule has 1 saturated heterocycles. The summed E-state index contributed by atoms with van der Waals surface area (Å²) in [6, 6.07) is 10.2. The number of ether oxygens (including phenoxy) is 1. The fourth-order valence-corrected chi connectivity index (χ4v) is 4.11. The van der Waals surface area contributed by atoms with E-state index >= 15 is 0 Å². The Morgan fingerprint density at radius 3 is 2.69 bits per heavy atom. The number of carbonyl (C=O) groups excluding carboxylic acids is 1. The molecule has 1 heterocycles. The Balaban J connectivity index is 1.84. The Morgan fingerprint density at radius 2 is 2.04 bits per heavy atom. The van der Waals surface area contributed by atoms with E-state index in [-0.39, 0.29) is 11.7 Å². The van der Waals surface area contributed by atoms with Crippen LogP contribution in [-0.4, -0.2) is 28.0 Å². The first-order chi connectivity index (χ1) is 12.4. The minimum atomic E-state index is -3.74. The van der Waals surface area contributed by atoms with Gasteiger partial charge in [-0.15, -0.1) is 0 Å². The first-order valence-corrected chi connectivity index (χ1v) is 9.76. The van der Waals surface area contributed by atoms with Gasteiger partial charge in [0.1, 0.15) is 11.6 Å². The number of hydrogen-bond donors (Lipinski definition) is 1. The molecular weight excluding hydrogens is 359 g/mol. The van der Waals surface area contributed by atoms with E-state index in [1.165, 1.54) is 25.3 Å². The summed E-state index contributed by atoms with van der Waals surface area (Å²) in [5.74, 6) is -0.372. The molecule has 138 valence electrons. The first kappa shape index (κ1) is 18.2. The number of amides is 1. The number of rotatable bonds is 6. The Kier molecular flexibility index (Phi) is 5.13. The molecule has 1 aliphatic rings. The highest BCUT2D eigenvalue weighted by molar-refractivity contribution is 7.91. The van der Waals surface area contributed by atoms with Crippen LogP contribution in [0.2, 0.25) is 0 Å². The highest BCUT2D eigenvalue weighted by Gasteiger charge is 2.25. The molecule has 2 aromatic carbocycles. The maximum absolute atomic E-state index is 13.2. The van der Waals surface area contributed by atoms with Gasteiger partial charge in [-0.1, -0.05) is 12.1 Å². The average Bonchev–Trinajstić information content (AvgIpc) is 3.00. The first-order valence-electron chi connectivity index (χ1n) is 8.11. The predicted molar refractivity (Wildman–Crippen MR) is 97.2 cm³/mol. The van der Waals surface area contributed by atoms with Crippen LogP contribution in [0.25, 0.3) is 0 Å². The largest absolute Gasteiger partial charge is 0.495 e. The van der Waals surface area contributed by atoms with Crippen LogP contribution >= 0.6 is 0 Å². The van der Waals surface area contributed by atoms with Gasteiger partial charge in [0, 0.05) is 13.0 Å². The van der Waals surface area contributed by atoms with Crippen LogP contribution in [-0.2, 0) is 20.6 Å². The second kappa shape index (κ2) is 7.33. The van der Waals surface area contributed by atoms with E-state index in [2.05, 4.69) is 4.72 Å². The summed E-state index contributed by atoms with van der Waals surface area (Å²) in [4.78, 5) is 13.6. The lowest BCUT2D eigenvalue weighted by Gasteiger charge is -2.20. The molecule has 1 aliphatic heterocycles. The number of benzene rings is 2. The number of methoxy groups -OCH3 is 1. The van der Waals surface area contributed by atoms with Crippen LogP contribution in [0.5, 0.6) is 5.75 Å². The van der Waals surface area contributed by atoms with Crippen molar-refractivity contribution in [3.8, 4) is 5.75 Å². The molecular formula is C18H19FN2O4S. The van der Waals surface area contributed by atoms with Crippen molar-refractivity contribution in [2.24, 2.45) is 0 Å². The highest BCUT2D eigenvalue weighted by atomic mass is 32.2. The molecule has 0 aliphatic carbocycles. The number of nitrogens with zero attached hydrogens (tertiary/aromatic N) is 1. The van der Waals surface area contributed by atoms with Crippen molar-refractivity contribution >= 4 is 27.3 Å². The summed E-state index contributed by atoms with van der Waals surface area (Å²) in [5.41, 5.74) is 1.19. The topological polar surface area (TPSA) is 75.7 Å². The van der Waals surface area contributed by atoms with Gasteiger partial charge in [-0.2, -0.15) is 0 Å². The van der Waals surface area contributed by atoms with Crippen LogP contribution < -0.4 is 14.4 Å². The zero-order valence-corrected chi connectivity index (χ0v) is 15.1. The highest BCUT2D eigenvalue weighted by Crippen LogP contribution is 2.34. The molecule has 0 bridgehead atoms. The van der Waals surface area contributed by atoms with Gasteiger partial charge in [0.2, 0.25) is 15.9 Å². The van der Waals surface area contributed by atoms with Crippen LogP contribution in [0, 0.1) is 5.82 Å². The zero-order chi connectivity index (χ0) is 18.7. The van der Waals surface area contributed by atoms with Crippen molar-refractivity contribution in [1.82, 2.24) is 0 Å². The molecule has 0 aromatic heterocycles. The Morgan fingerprint density at radius 1 is 1.23 bits per heavy atom. The molecule has 3 rings (SSSR count). The van der Waals surface area contributed by atoms with Crippen LogP contribution in [0.15, 0.2) is 42.5 Å². The Bertz CT molecular complexity index is 931. The molecule has 6 nitrogen and oxygen atoms in total. The van der Waals surface area contributed by atoms with Gasteiger partial charge < -0.3 is 9.64 Å². The molecule has 8 heteroatoms. The molecule has 1 amide bonds. The van der Waals surface area contributed by atoms with E-state index in [0.29, 0.717) is 35.7 Å². The van der Waals surface area contributed by atoms with E-state index in [1.807, 2.05) is 0 Å². The summed E-state index contributed by atoms with van der Waals surface area (Å²) < 4.78 is 45.8. The average molecular weight is 378 g/mol. The summed E-state index contributed by atoms with van der Waals surface area (Å²) in [7, 11) is -2.25. The van der Waals surface area contributed by atoms with E-state index in [1.54, 1.807) is 29.2 Å². The minimum absolute atomic E-state index is 0.0249. The SMILES string of the molecule is COc1ccc(NS(=O)(=O)Cc2cccc(F)c2)cc1N1CCCC1=O. The smallest absolute Gasteiger partial charge is 0.236 e. The molecule has 0 spiro atoms. The Labute approximate surface area is 151 Å². The number of halogens is 1. The second-order valence-electron chi connectivity index (χ2n) is 6.03. The standard InChI is InChI=1S/C18H19FN2O4S/c1-25-17-8-7-15(11-16(17)21-9-3-6-18(21)22)20-26(23,24)12-13-4-2-5-14(19)10-13/h2,4-5,7-8,10-11,20H,3,6,9,12H2,1H3. The maximum Gasteiger partial charge on any atom is 0.236 e. The third-order valence-electron chi connectivity index (χ3n) is 4.06. The monoisotopic (exact) mass is 378 g/mol. The van der Waals surface area contributed by atoms with Crippen molar-refractivity contribution in [3.05, 3.63) is 53.8 Å².